The van der Waals surface area contributed by atoms with E-state index in [-0.39, 0.29) is 34.8 Å². The molecule has 1 atom stereocenters. The first kappa shape index (κ1) is 23.9. The molecular formula is C17H25ClF5NO. The molecule has 146 valence electrons. The number of nitrogens with two attached hydrogens (primary N) is 1. The molecule has 0 aromatic heterocycles. The molecular weight excluding hydrogens is 365 g/mol. The maximum Gasteiger partial charge on any atom is 0.455 e. The Kier molecular flexibility index (Phi) is 6.61. The van der Waals surface area contributed by atoms with Crippen molar-refractivity contribution in [1.82, 2.24) is 0 Å². The lowest BCUT2D eigenvalue weighted by Crippen LogP contribution is -2.46. The summed E-state index contributed by atoms with van der Waals surface area (Å²) < 4.78 is 65.2. The van der Waals surface area contributed by atoms with Crippen molar-refractivity contribution >= 4 is 12.4 Å². The van der Waals surface area contributed by atoms with Gasteiger partial charge in [0.1, 0.15) is 11.8 Å². The van der Waals surface area contributed by atoms with Crippen LogP contribution < -0.4 is 5.73 Å². The number of benzene rings is 1. The average Bonchev–Trinajstić information content (AvgIpc) is 2.33. The standard InChI is InChI=1S/C17H24F5NO.ClH/c1-14(2,3)10-7-9(8-11(12(10)24)15(4,5)6)13(23)16(18,19)17(20,21)22;/h7-8,13,24H,23H2,1-6H3;1H/t13-;/m1./s1. The van der Waals surface area contributed by atoms with Gasteiger partial charge in [0.25, 0.3) is 0 Å². The number of aromatic hydroxyl groups is 1. The van der Waals surface area contributed by atoms with Gasteiger partial charge in [-0.05, 0) is 39.7 Å². The Bertz CT molecular complexity index is 580. The summed E-state index contributed by atoms with van der Waals surface area (Å²) in [5.74, 6) is -5.19. The highest BCUT2D eigenvalue weighted by Crippen LogP contribution is 2.46. The number of rotatable bonds is 2. The van der Waals surface area contributed by atoms with Crippen molar-refractivity contribution in [1.29, 1.82) is 0 Å². The number of phenolic OH excluding ortho intramolecular Hbond substituents is 1. The predicted molar refractivity (Wildman–Crippen MR) is 90.7 cm³/mol. The Morgan fingerprint density at radius 3 is 1.40 bits per heavy atom. The van der Waals surface area contributed by atoms with E-state index in [0.29, 0.717) is 0 Å². The molecule has 0 saturated heterocycles. The normalized spacial score (nSPS) is 14.9. The summed E-state index contributed by atoms with van der Waals surface area (Å²) >= 11 is 0. The van der Waals surface area contributed by atoms with Crippen molar-refractivity contribution in [3.8, 4) is 5.75 Å². The Morgan fingerprint density at radius 2 is 1.16 bits per heavy atom. The third kappa shape index (κ3) is 4.76. The lowest BCUT2D eigenvalue weighted by atomic mass is 9.77. The van der Waals surface area contributed by atoms with Gasteiger partial charge < -0.3 is 10.8 Å². The van der Waals surface area contributed by atoms with Crippen LogP contribution in [0.25, 0.3) is 0 Å². The summed E-state index contributed by atoms with van der Waals surface area (Å²) in [4.78, 5) is 0. The van der Waals surface area contributed by atoms with Gasteiger partial charge in [0.05, 0.1) is 0 Å². The summed E-state index contributed by atoms with van der Waals surface area (Å²) in [6.45, 7) is 10.4. The number of alkyl halides is 5. The van der Waals surface area contributed by atoms with Crippen molar-refractivity contribution in [2.45, 2.75) is 70.5 Å². The second-order valence-electron chi connectivity index (χ2n) is 8.06. The lowest BCUT2D eigenvalue weighted by molar-refractivity contribution is -0.291. The molecule has 25 heavy (non-hydrogen) atoms. The molecule has 0 aliphatic carbocycles. The topological polar surface area (TPSA) is 46.2 Å². The van der Waals surface area contributed by atoms with Crippen LogP contribution in [0.3, 0.4) is 0 Å². The second-order valence-corrected chi connectivity index (χ2v) is 8.06. The molecule has 3 N–H and O–H groups in total. The highest BCUT2D eigenvalue weighted by molar-refractivity contribution is 5.85. The van der Waals surface area contributed by atoms with Crippen LogP contribution in [0.15, 0.2) is 12.1 Å². The molecule has 0 fully saturated rings. The van der Waals surface area contributed by atoms with Gasteiger partial charge in [-0.25, -0.2) is 0 Å². The van der Waals surface area contributed by atoms with E-state index in [1.807, 2.05) is 0 Å². The van der Waals surface area contributed by atoms with Gasteiger partial charge in [0.15, 0.2) is 0 Å². The maximum atomic E-state index is 13.7. The van der Waals surface area contributed by atoms with E-state index < -0.39 is 29.0 Å². The largest absolute Gasteiger partial charge is 0.507 e. The lowest BCUT2D eigenvalue weighted by Gasteiger charge is -2.31. The zero-order chi connectivity index (χ0) is 19.3. The van der Waals surface area contributed by atoms with Crippen molar-refractivity contribution in [3.05, 3.63) is 28.8 Å². The van der Waals surface area contributed by atoms with Crippen LogP contribution in [0.5, 0.6) is 5.75 Å². The number of hydrogen-bond acceptors (Lipinski definition) is 2. The van der Waals surface area contributed by atoms with E-state index in [2.05, 4.69) is 0 Å². The SMILES string of the molecule is CC(C)(C)c1cc([C@@H](N)C(F)(F)C(F)(F)F)cc(C(C)(C)C)c1O.Cl. The van der Waals surface area contributed by atoms with Crippen LogP contribution in [0.1, 0.15) is 64.3 Å². The van der Waals surface area contributed by atoms with Crippen molar-refractivity contribution < 1.29 is 27.1 Å². The molecule has 1 aromatic carbocycles. The summed E-state index contributed by atoms with van der Waals surface area (Å²) in [5.41, 5.74) is 4.16. The van der Waals surface area contributed by atoms with Crippen LogP contribution in [-0.4, -0.2) is 17.2 Å². The van der Waals surface area contributed by atoms with Crippen molar-refractivity contribution in [3.63, 3.8) is 0 Å². The number of phenols is 1. The minimum atomic E-state index is -5.76. The molecule has 1 aromatic rings. The minimum Gasteiger partial charge on any atom is -0.507 e. The third-order valence-electron chi connectivity index (χ3n) is 3.88. The Labute approximate surface area is 151 Å². The fourth-order valence-electron chi connectivity index (χ4n) is 2.37. The molecule has 0 amide bonds. The monoisotopic (exact) mass is 389 g/mol. The molecule has 0 radical (unpaired) electrons. The summed E-state index contributed by atoms with van der Waals surface area (Å²) in [7, 11) is 0. The second kappa shape index (κ2) is 6.91. The Hall–Kier alpha value is -1.08. The first-order chi connectivity index (χ1) is 10.4. The highest BCUT2D eigenvalue weighted by Gasteiger charge is 2.61. The fraction of sp³-hybridized carbons (Fsp3) is 0.647. The minimum absolute atomic E-state index is 0. The fourth-order valence-corrected chi connectivity index (χ4v) is 2.37. The number of halogens is 6. The molecule has 0 spiro atoms. The van der Waals surface area contributed by atoms with Crippen molar-refractivity contribution in [2.75, 3.05) is 0 Å². The third-order valence-corrected chi connectivity index (χ3v) is 3.88. The van der Waals surface area contributed by atoms with Gasteiger partial charge in [0, 0.05) is 0 Å². The smallest absolute Gasteiger partial charge is 0.455 e. The molecule has 0 aliphatic heterocycles. The molecule has 8 heteroatoms. The Balaban J connectivity index is 0.00000576. The molecule has 1 rings (SSSR count). The highest BCUT2D eigenvalue weighted by atomic mass is 35.5. The zero-order valence-corrected chi connectivity index (χ0v) is 15.9. The van der Waals surface area contributed by atoms with E-state index in [1.54, 1.807) is 41.5 Å². The first-order valence-electron chi connectivity index (χ1n) is 7.48. The maximum absolute atomic E-state index is 13.7. The molecule has 0 aliphatic rings. The predicted octanol–water partition coefficient (Wildman–Crippen LogP) is 5.61. The van der Waals surface area contributed by atoms with Gasteiger partial charge in [-0.2, -0.15) is 22.0 Å². The van der Waals surface area contributed by atoms with E-state index in [1.165, 1.54) is 0 Å². The summed E-state index contributed by atoms with van der Waals surface area (Å²) in [6.07, 6.45) is -5.76. The molecule has 2 nitrogen and oxygen atoms in total. The van der Waals surface area contributed by atoms with E-state index in [4.69, 9.17) is 5.73 Å². The Morgan fingerprint density at radius 1 is 0.840 bits per heavy atom. The zero-order valence-electron chi connectivity index (χ0n) is 15.1. The molecule has 0 saturated carbocycles. The number of hydrogen-bond donors (Lipinski definition) is 2. The van der Waals surface area contributed by atoms with E-state index in [9.17, 15) is 27.1 Å². The van der Waals surface area contributed by atoms with Crippen LogP contribution in [0.4, 0.5) is 22.0 Å². The van der Waals surface area contributed by atoms with Gasteiger partial charge in [-0.1, -0.05) is 41.5 Å². The quantitative estimate of drug-likeness (QED) is 0.646. The summed E-state index contributed by atoms with van der Waals surface area (Å²) in [5, 5.41) is 10.5. The van der Waals surface area contributed by atoms with E-state index >= 15 is 0 Å². The van der Waals surface area contributed by atoms with Crippen LogP contribution in [0.2, 0.25) is 0 Å². The first-order valence-corrected chi connectivity index (χ1v) is 7.48. The van der Waals surface area contributed by atoms with Gasteiger partial charge >= 0.3 is 12.1 Å². The molecule has 0 unspecified atom stereocenters. The van der Waals surface area contributed by atoms with Crippen LogP contribution >= 0.6 is 12.4 Å². The van der Waals surface area contributed by atoms with Gasteiger partial charge in [-0.15, -0.1) is 12.4 Å². The molecule has 0 bridgehead atoms. The summed E-state index contributed by atoms with van der Waals surface area (Å²) in [6, 6.07) is -0.288. The van der Waals surface area contributed by atoms with Crippen molar-refractivity contribution in [2.24, 2.45) is 5.73 Å². The van der Waals surface area contributed by atoms with Crippen LogP contribution in [0, 0.1) is 0 Å². The van der Waals surface area contributed by atoms with Crippen LogP contribution in [-0.2, 0) is 10.8 Å². The average molecular weight is 390 g/mol. The molecule has 0 heterocycles. The van der Waals surface area contributed by atoms with Gasteiger partial charge in [-0.3, -0.25) is 0 Å². The van der Waals surface area contributed by atoms with E-state index in [0.717, 1.165) is 12.1 Å². The van der Waals surface area contributed by atoms with Gasteiger partial charge in [0.2, 0.25) is 0 Å².